The summed E-state index contributed by atoms with van der Waals surface area (Å²) in [6, 6.07) is 10.6. The van der Waals surface area contributed by atoms with Gasteiger partial charge in [0.1, 0.15) is 0 Å². The second-order valence-electron chi connectivity index (χ2n) is 4.94. The maximum atomic E-state index is 5.42. The van der Waals surface area contributed by atoms with E-state index in [2.05, 4.69) is 40.1 Å². The average Bonchev–Trinajstić information content (AvgIpc) is 2.48. The molecule has 0 radical (unpaired) electrons. The molecule has 0 amide bonds. The second-order valence-corrected chi connectivity index (χ2v) is 4.94. The molecule has 1 aromatic rings. The van der Waals surface area contributed by atoms with Crippen molar-refractivity contribution in [1.29, 1.82) is 0 Å². The van der Waals surface area contributed by atoms with E-state index < -0.39 is 0 Å². The van der Waals surface area contributed by atoms with Crippen molar-refractivity contribution in [2.45, 2.75) is 6.10 Å². The first-order valence-electron chi connectivity index (χ1n) is 6.87. The van der Waals surface area contributed by atoms with Gasteiger partial charge in [-0.2, -0.15) is 0 Å². The molecule has 1 aliphatic heterocycles. The third-order valence-corrected chi connectivity index (χ3v) is 3.64. The summed E-state index contributed by atoms with van der Waals surface area (Å²) in [5, 5.41) is 0. The van der Waals surface area contributed by atoms with Crippen LogP contribution >= 0.6 is 0 Å². The van der Waals surface area contributed by atoms with Crippen molar-refractivity contribution in [2.24, 2.45) is 0 Å². The zero-order chi connectivity index (χ0) is 13.5. The van der Waals surface area contributed by atoms with Crippen molar-refractivity contribution < 1.29 is 9.47 Å². The SMILES string of the molecule is COC[C@H](CN1CCN(c2ccccc2)CC1)OC. The Morgan fingerprint density at radius 1 is 1.05 bits per heavy atom. The lowest BCUT2D eigenvalue weighted by molar-refractivity contribution is 0.00518. The van der Waals surface area contributed by atoms with Crippen LogP contribution in [0.5, 0.6) is 0 Å². The molecule has 0 unspecified atom stereocenters. The van der Waals surface area contributed by atoms with Gasteiger partial charge in [0.25, 0.3) is 0 Å². The molecule has 1 fully saturated rings. The molecule has 19 heavy (non-hydrogen) atoms. The van der Waals surface area contributed by atoms with Gasteiger partial charge in [0.15, 0.2) is 0 Å². The minimum absolute atomic E-state index is 0.174. The summed E-state index contributed by atoms with van der Waals surface area (Å²) >= 11 is 0. The Bertz CT molecular complexity index is 350. The highest BCUT2D eigenvalue weighted by Crippen LogP contribution is 2.15. The number of para-hydroxylation sites is 1. The predicted molar refractivity (Wildman–Crippen MR) is 77.8 cm³/mol. The summed E-state index contributed by atoms with van der Waals surface area (Å²) in [6.07, 6.45) is 0.174. The smallest absolute Gasteiger partial charge is 0.0931 e. The molecule has 1 saturated heterocycles. The largest absolute Gasteiger partial charge is 0.382 e. The monoisotopic (exact) mass is 264 g/mol. The number of methoxy groups -OCH3 is 2. The first kappa shape index (κ1) is 14.3. The van der Waals surface area contributed by atoms with Gasteiger partial charge in [0.05, 0.1) is 12.7 Å². The summed E-state index contributed by atoms with van der Waals surface area (Å²) in [4.78, 5) is 4.89. The van der Waals surface area contributed by atoms with Gasteiger partial charge in [-0.1, -0.05) is 18.2 Å². The third-order valence-electron chi connectivity index (χ3n) is 3.64. The Hall–Kier alpha value is -1.10. The van der Waals surface area contributed by atoms with E-state index in [1.54, 1.807) is 14.2 Å². The van der Waals surface area contributed by atoms with E-state index in [0.29, 0.717) is 6.61 Å². The number of benzene rings is 1. The zero-order valence-corrected chi connectivity index (χ0v) is 11.9. The Labute approximate surface area is 115 Å². The Balaban J connectivity index is 1.79. The highest BCUT2D eigenvalue weighted by Gasteiger charge is 2.20. The van der Waals surface area contributed by atoms with E-state index in [9.17, 15) is 0 Å². The number of hydrogen-bond acceptors (Lipinski definition) is 4. The van der Waals surface area contributed by atoms with E-state index in [1.807, 2.05) is 0 Å². The molecule has 0 saturated carbocycles. The molecule has 2 rings (SSSR count). The summed E-state index contributed by atoms with van der Waals surface area (Å²) in [7, 11) is 3.48. The molecule has 106 valence electrons. The van der Waals surface area contributed by atoms with E-state index in [1.165, 1.54) is 5.69 Å². The van der Waals surface area contributed by atoms with Gasteiger partial charge in [0, 0.05) is 52.6 Å². The third kappa shape index (κ3) is 4.20. The number of hydrogen-bond donors (Lipinski definition) is 0. The first-order valence-corrected chi connectivity index (χ1v) is 6.87. The van der Waals surface area contributed by atoms with Gasteiger partial charge < -0.3 is 14.4 Å². The second kappa shape index (κ2) is 7.48. The number of ether oxygens (including phenoxy) is 2. The molecule has 0 spiro atoms. The molecule has 0 aliphatic carbocycles. The van der Waals surface area contributed by atoms with E-state index in [0.717, 1.165) is 32.7 Å². The molecular weight excluding hydrogens is 240 g/mol. The van der Waals surface area contributed by atoms with Gasteiger partial charge in [-0.15, -0.1) is 0 Å². The molecular formula is C15H24N2O2. The molecule has 4 heteroatoms. The average molecular weight is 264 g/mol. The van der Waals surface area contributed by atoms with Crippen LogP contribution in [0.25, 0.3) is 0 Å². The standard InChI is InChI=1S/C15H24N2O2/c1-18-13-15(19-2)12-16-8-10-17(11-9-16)14-6-4-3-5-7-14/h3-7,15H,8-13H2,1-2H3/t15-/m0/s1. The number of nitrogens with zero attached hydrogens (tertiary/aromatic N) is 2. The van der Waals surface area contributed by atoms with Gasteiger partial charge in [-0.05, 0) is 12.1 Å². The van der Waals surface area contributed by atoms with Crippen LogP contribution in [0, 0.1) is 0 Å². The quantitative estimate of drug-likeness (QED) is 0.777. The van der Waals surface area contributed by atoms with Crippen LogP contribution in [0.15, 0.2) is 30.3 Å². The summed E-state index contributed by atoms with van der Waals surface area (Å²) in [5.41, 5.74) is 1.32. The molecule has 1 aromatic carbocycles. The molecule has 4 nitrogen and oxygen atoms in total. The van der Waals surface area contributed by atoms with Crippen molar-refractivity contribution in [3.8, 4) is 0 Å². The van der Waals surface area contributed by atoms with E-state index >= 15 is 0 Å². The molecule has 0 bridgehead atoms. The first-order chi connectivity index (χ1) is 9.33. The van der Waals surface area contributed by atoms with Crippen LogP contribution in [0.4, 0.5) is 5.69 Å². The van der Waals surface area contributed by atoms with Crippen molar-refractivity contribution in [2.75, 3.05) is 58.5 Å². The van der Waals surface area contributed by atoms with Gasteiger partial charge in [-0.25, -0.2) is 0 Å². The van der Waals surface area contributed by atoms with Crippen molar-refractivity contribution >= 4 is 5.69 Å². The Morgan fingerprint density at radius 3 is 2.32 bits per heavy atom. The Morgan fingerprint density at radius 2 is 1.74 bits per heavy atom. The number of rotatable bonds is 6. The van der Waals surface area contributed by atoms with Crippen LogP contribution in [-0.2, 0) is 9.47 Å². The minimum atomic E-state index is 0.174. The predicted octanol–water partition coefficient (Wildman–Crippen LogP) is 1.47. The molecule has 1 aliphatic rings. The topological polar surface area (TPSA) is 24.9 Å². The van der Waals surface area contributed by atoms with Crippen molar-refractivity contribution in [3.05, 3.63) is 30.3 Å². The fourth-order valence-electron chi connectivity index (χ4n) is 2.50. The number of piperazine rings is 1. The van der Waals surface area contributed by atoms with Crippen LogP contribution in [-0.4, -0.2) is 64.6 Å². The fourth-order valence-corrected chi connectivity index (χ4v) is 2.50. The lowest BCUT2D eigenvalue weighted by atomic mass is 10.2. The van der Waals surface area contributed by atoms with Gasteiger partial charge >= 0.3 is 0 Å². The lowest BCUT2D eigenvalue weighted by Gasteiger charge is -2.37. The van der Waals surface area contributed by atoms with Crippen LogP contribution in [0.2, 0.25) is 0 Å². The van der Waals surface area contributed by atoms with E-state index in [4.69, 9.17) is 9.47 Å². The summed E-state index contributed by atoms with van der Waals surface area (Å²) < 4.78 is 10.6. The molecule has 1 atom stereocenters. The normalized spacial score (nSPS) is 18.5. The van der Waals surface area contributed by atoms with Gasteiger partial charge in [0.2, 0.25) is 0 Å². The van der Waals surface area contributed by atoms with Crippen molar-refractivity contribution in [3.63, 3.8) is 0 Å². The van der Waals surface area contributed by atoms with Gasteiger partial charge in [-0.3, -0.25) is 4.90 Å². The Kier molecular flexibility index (Phi) is 5.63. The minimum Gasteiger partial charge on any atom is -0.382 e. The van der Waals surface area contributed by atoms with E-state index in [-0.39, 0.29) is 6.10 Å². The molecule has 0 N–H and O–H groups in total. The molecule has 0 aromatic heterocycles. The number of anilines is 1. The highest BCUT2D eigenvalue weighted by molar-refractivity contribution is 5.46. The fraction of sp³-hybridized carbons (Fsp3) is 0.600. The van der Waals surface area contributed by atoms with Crippen LogP contribution < -0.4 is 4.90 Å². The maximum absolute atomic E-state index is 5.42. The summed E-state index contributed by atoms with van der Waals surface area (Å²) in [5.74, 6) is 0. The molecule has 1 heterocycles. The highest BCUT2D eigenvalue weighted by atomic mass is 16.5. The summed E-state index contributed by atoms with van der Waals surface area (Å²) in [6.45, 7) is 5.93. The zero-order valence-electron chi connectivity index (χ0n) is 11.9. The van der Waals surface area contributed by atoms with Crippen LogP contribution in [0.3, 0.4) is 0 Å². The maximum Gasteiger partial charge on any atom is 0.0931 e. The van der Waals surface area contributed by atoms with Crippen molar-refractivity contribution in [1.82, 2.24) is 4.90 Å². The lowest BCUT2D eigenvalue weighted by Crippen LogP contribution is -2.49. The van der Waals surface area contributed by atoms with Crippen LogP contribution in [0.1, 0.15) is 0 Å².